The van der Waals surface area contributed by atoms with Crippen molar-refractivity contribution in [3.05, 3.63) is 70.8 Å². The van der Waals surface area contributed by atoms with Crippen LogP contribution in [-0.2, 0) is 0 Å². The minimum atomic E-state index is 1.37. The topological polar surface area (TPSA) is 0 Å². The van der Waals surface area contributed by atoms with Crippen LogP contribution in [0.1, 0.15) is 22.3 Å². The van der Waals surface area contributed by atoms with Crippen molar-refractivity contribution in [1.29, 1.82) is 0 Å². The Hall–Kier alpha value is -2.60. The van der Waals surface area contributed by atoms with Crippen LogP contribution in [-0.4, -0.2) is 0 Å². The van der Waals surface area contributed by atoms with Gasteiger partial charge in [0.15, 0.2) is 0 Å². The van der Waals surface area contributed by atoms with Crippen LogP contribution < -0.4 is 0 Å². The highest BCUT2D eigenvalue weighted by Gasteiger charge is 2.16. The minimum absolute atomic E-state index is 1.37. The first-order valence-corrected chi connectivity index (χ1v) is 8.64. The summed E-state index contributed by atoms with van der Waals surface area (Å²) < 4.78 is 0. The summed E-state index contributed by atoms with van der Waals surface area (Å²) >= 11 is 0. The Balaban J connectivity index is 2.27. The normalized spacial score (nSPS) is 12.2. The van der Waals surface area contributed by atoms with E-state index < -0.39 is 0 Å². The van der Waals surface area contributed by atoms with E-state index >= 15 is 0 Å². The van der Waals surface area contributed by atoms with E-state index in [1.54, 1.807) is 0 Å². The van der Waals surface area contributed by atoms with E-state index in [9.17, 15) is 0 Å². The molecule has 5 rings (SSSR count). The van der Waals surface area contributed by atoms with Crippen molar-refractivity contribution in [3.8, 4) is 0 Å². The maximum atomic E-state index is 2.38. The summed E-state index contributed by atoms with van der Waals surface area (Å²) in [6, 6.07) is 18.3. The molecular weight excluding hydrogens is 288 g/mol. The first-order chi connectivity index (χ1) is 11.6. The largest absolute Gasteiger partial charge is 0.0610 e. The highest BCUT2D eigenvalue weighted by atomic mass is 14.2. The molecule has 0 saturated heterocycles. The zero-order valence-corrected chi connectivity index (χ0v) is 14.6. The van der Waals surface area contributed by atoms with Crippen molar-refractivity contribution in [2.75, 3.05) is 0 Å². The molecule has 0 N–H and O–H groups in total. The molecular formula is C24H20. The van der Waals surface area contributed by atoms with Gasteiger partial charge in [-0.05, 0) is 93.0 Å². The van der Waals surface area contributed by atoms with Crippen LogP contribution in [0.3, 0.4) is 0 Å². The summed E-state index contributed by atoms with van der Waals surface area (Å²) in [7, 11) is 0. The molecule has 0 aliphatic carbocycles. The van der Waals surface area contributed by atoms with Crippen molar-refractivity contribution in [2.24, 2.45) is 0 Å². The van der Waals surface area contributed by atoms with E-state index in [1.807, 2.05) is 0 Å². The Kier molecular flexibility index (Phi) is 2.58. The van der Waals surface area contributed by atoms with Gasteiger partial charge >= 0.3 is 0 Å². The second-order valence-electron chi connectivity index (χ2n) is 7.19. The summed E-state index contributed by atoms with van der Waals surface area (Å²) in [4.78, 5) is 0. The molecule has 0 bridgehead atoms. The molecule has 0 spiro atoms. The van der Waals surface area contributed by atoms with Gasteiger partial charge in [-0.2, -0.15) is 0 Å². The molecule has 0 aromatic heterocycles. The van der Waals surface area contributed by atoms with Crippen LogP contribution in [0.15, 0.2) is 48.5 Å². The molecule has 24 heavy (non-hydrogen) atoms. The fraction of sp³-hybridized carbons (Fsp3) is 0.167. The lowest BCUT2D eigenvalue weighted by molar-refractivity contribution is 1.39. The highest BCUT2D eigenvalue weighted by molar-refractivity contribution is 6.33. The molecule has 0 unspecified atom stereocenters. The van der Waals surface area contributed by atoms with Crippen molar-refractivity contribution >= 4 is 43.1 Å². The van der Waals surface area contributed by atoms with Crippen LogP contribution in [0.2, 0.25) is 0 Å². The van der Waals surface area contributed by atoms with Crippen molar-refractivity contribution in [2.45, 2.75) is 27.7 Å². The molecule has 0 saturated carbocycles. The SMILES string of the molecule is Cc1cc2c3cccc4c(C)c(C)cc(c5cccc(c1C)c52)c43. The Bertz CT molecular complexity index is 1170. The van der Waals surface area contributed by atoms with Gasteiger partial charge in [-0.15, -0.1) is 0 Å². The molecule has 5 aromatic rings. The fourth-order valence-electron chi connectivity index (χ4n) is 4.40. The van der Waals surface area contributed by atoms with Crippen LogP contribution in [0.25, 0.3) is 43.1 Å². The average Bonchev–Trinajstić information content (AvgIpc) is 2.60. The molecule has 5 aromatic carbocycles. The molecule has 0 heterocycles. The second kappa shape index (κ2) is 4.48. The van der Waals surface area contributed by atoms with Gasteiger partial charge in [-0.25, -0.2) is 0 Å². The van der Waals surface area contributed by atoms with E-state index in [0.29, 0.717) is 0 Å². The maximum Gasteiger partial charge on any atom is -0.00235 e. The van der Waals surface area contributed by atoms with E-state index in [0.717, 1.165) is 0 Å². The summed E-state index contributed by atoms with van der Waals surface area (Å²) in [5, 5.41) is 11.2. The van der Waals surface area contributed by atoms with Gasteiger partial charge in [0, 0.05) is 0 Å². The van der Waals surface area contributed by atoms with Gasteiger partial charge in [0.05, 0.1) is 0 Å². The summed E-state index contributed by atoms with van der Waals surface area (Å²) in [6.07, 6.45) is 0. The van der Waals surface area contributed by atoms with Crippen LogP contribution in [0.4, 0.5) is 0 Å². The predicted octanol–water partition coefficient (Wildman–Crippen LogP) is 6.97. The lowest BCUT2D eigenvalue weighted by Gasteiger charge is -2.18. The van der Waals surface area contributed by atoms with Gasteiger partial charge in [0.1, 0.15) is 0 Å². The Labute approximate surface area is 142 Å². The zero-order valence-electron chi connectivity index (χ0n) is 14.6. The van der Waals surface area contributed by atoms with Crippen molar-refractivity contribution < 1.29 is 0 Å². The molecule has 0 fully saturated rings. The fourth-order valence-corrected chi connectivity index (χ4v) is 4.40. The third-order valence-electron chi connectivity index (χ3n) is 5.96. The van der Waals surface area contributed by atoms with Gasteiger partial charge in [-0.1, -0.05) is 48.5 Å². The van der Waals surface area contributed by atoms with Crippen LogP contribution in [0, 0.1) is 27.7 Å². The molecule has 116 valence electrons. The zero-order chi connectivity index (χ0) is 16.6. The number of hydrogen-bond donors (Lipinski definition) is 0. The van der Waals surface area contributed by atoms with Gasteiger partial charge < -0.3 is 0 Å². The average molecular weight is 308 g/mol. The van der Waals surface area contributed by atoms with Crippen LogP contribution in [0.5, 0.6) is 0 Å². The molecule has 0 heteroatoms. The quantitative estimate of drug-likeness (QED) is 0.214. The lowest BCUT2D eigenvalue weighted by Crippen LogP contribution is -1.93. The highest BCUT2D eigenvalue weighted by Crippen LogP contribution is 2.43. The Morgan fingerprint density at radius 2 is 0.833 bits per heavy atom. The molecule has 0 aliphatic heterocycles. The number of aryl methyl sites for hydroxylation is 4. The molecule has 0 aliphatic rings. The van der Waals surface area contributed by atoms with Gasteiger partial charge in [0.25, 0.3) is 0 Å². The first kappa shape index (κ1) is 13.8. The lowest BCUT2D eigenvalue weighted by atomic mass is 9.85. The van der Waals surface area contributed by atoms with E-state index in [4.69, 9.17) is 0 Å². The van der Waals surface area contributed by atoms with Gasteiger partial charge in [0.2, 0.25) is 0 Å². The van der Waals surface area contributed by atoms with E-state index in [1.165, 1.54) is 65.3 Å². The Morgan fingerprint density at radius 1 is 0.458 bits per heavy atom. The standard InChI is InChI=1S/C24H20/c1-13-11-21-19-9-6-8-18-16(4)14(2)12-22(24(18)19)20-10-5-7-17(15(13)3)23(20)21/h5-12H,1-4H3. The first-order valence-electron chi connectivity index (χ1n) is 8.64. The molecule has 0 nitrogen and oxygen atoms in total. The van der Waals surface area contributed by atoms with Gasteiger partial charge in [-0.3, -0.25) is 0 Å². The van der Waals surface area contributed by atoms with Crippen molar-refractivity contribution in [3.63, 3.8) is 0 Å². The monoisotopic (exact) mass is 308 g/mol. The minimum Gasteiger partial charge on any atom is -0.0610 e. The van der Waals surface area contributed by atoms with E-state index in [2.05, 4.69) is 76.2 Å². The number of hydrogen-bond acceptors (Lipinski definition) is 0. The Morgan fingerprint density at radius 3 is 1.25 bits per heavy atom. The number of benzene rings is 5. The van der Waals surface area contributed by atoms with Crippen molar-refractivity contribution in [1.82, 2.24) is 0 Å². The molecule has 0 amide bonds. The third kappa shape index (κ3) is 1.54. The summed E-state index contributed by atoms with van der Waals surface area (Å²) in [6.45, 7) is 8.95. The predicted molar refractivity (Wildman–Crippen MR) is 107 cm³/mol. The molecule has 0 atom stereocenters. The second-order valence-corrected chi connectivity index (χ2v) is 7.19. The maximum absolute atomic E-state index is 2.38. The van der Waals surface area contributed by atoms with Crippen LogP contribution >= 0.6 is 0 Å². The molecule has 0 radical (unpaired) electrons. The number of fused-ring (bicyclic) bond motifs is 2. The number of rotatable bonds is 0. The smallest absolute Gasteiger partial charge is 0.00235 e. The summed E-state index contributed by atoms with van der Waals surface area (Å²) in [5.74, 6) is 0. The van der Waals surface area contributed by atoms with E-state index in [-0.39, 0.29) is 0 Å². The summed E-state index contributed by atoms with van der Waals surface area (Å²) in [5.41, 5.74) is 5.54. The third-order valence-corrected chi connectivity index (χ3v) is 5.96.